The monoisotopic (exact) mass is 176 g/mol. The Labute approximate surface area is 71.9 Å². The summed E-state index contributed by atoms with van der Waals surface area (Å²) >= 11 is 1.69. The minimum absolute atomic E-state index is 0.234. The summed E-state index contributed by atoms with van der Waals surface area (Å²) in [6, 6.07) is 0.257. The van der Waals surface area contributed by atoms with Crippen LogP contribution < -0.4 is 11.5 Å². The van der Waals surface area contributed by atoms with Gasteiger partial charge in [-0.3, -0.25) is 4.79 Å². The smallest absolute Gasteiger partial charge is 0.218 e. The fourth-order valence-corrected chi connectivity index (χ4v) is 1.58. The number of carbonyl (C=O) groups excluding carboxylic acids is 1. The summed E-state index contributed by atoms with van der Waals surface area (Å²) in [4.78, 5) is 10.3. The average Bonchev–Trinajstić information content (AvgIpc) is 1.97. The fourth-order valence-electron chi connectivity index (χ4n) is 0.525. The van der Waals surface area contributed by atoms with Crippen LogP contribution in [-0.4, -0.2) is 23.5 Å². The predicted octanol–water partition coefficient (Wildman–Crippen LogP) is 0.332. The molecule has 4 N–H and O–H groups in total. The maximum atomic E-state index is 10.3. The molecule has 0 aliphatic heterocycles. The van der Waals surface area contributed by atoms with Crippen molar-refractivity contribution in [3.63, 3.8) is 0 Å². The molecule has 0 aliphatic rings. The fraction of sp³-hybridized carbons (Fsp3) is 0.857. The molecule has 1 amide bonds. The van der Waals surface area contributed by atoms with Gasteiger partial charge < -0.3 is 11.5 Å². The molecule has 4 heteroatoms. The molecular weight excluding hydrogens is 160 g/mol. The van der Waals surface area contributed by atoms with Crippen LogP contribution in [0.3, 0.4) is 0 Å². The van der Waals surface area contributed by atoms with Crippen molar-refractivity contribution in [3.05, 3.63) is 0 Å². The Morgan fingerprint density at radius 1 is 1.64 bits per heavy atom. The molecule has 0 aromatic rings. The van der Waals surface area contributed by atoms with Gasteiger partial charge in [-0.1, -0.05) is 6.92 Å². The van der Waals surface area contributed by atoms with Gasteiger partial charge in [0.25, 0.3) is 0 Å². The lowest BCUT2D eigenvalue weighted by Gasteiger charge is -2.06. The minimum atomic E-state index is -0.234. The van der Waals surface area contributed by atoms with Crippen molar-refractivity contribution >= 4 is 17.7 Å². The zero-order valence-corrected chi connectivity index (χ0v) is 7.69. The number of thioether (sulfide) groups is 1. The molecule has 66 valence electrons. The Balaban J connectivity index is 3.08. The molecule has 0 heterocycles. The largest absolute Gasteiger partial charge is 0.370 e. The van der Waals surface area contributed by atoms with Gasteiger partial charge in [-0.15, -0.1) is 0 Å². The first-order chi connectivity index (χ1) is 5.16. The number of amides is 1. The van der Waals surface area contributed by atoms with Crippen molar-refractivity contribution in [2.45, 2.75) is 25.8 Å². The van der Waals surface area contributed by atoms with Crippen LogP contribution in [0.5, 0.6) is 0 Å². The third-order valence-corrected chi connectivity index (χ3v) is 2.51. The Morgan fingerprint density at radius 3 is 2.73 bits per heavy atom. The van der Waals surface area contributed by atoms with E-state index in [-0.39, 0.29) is 11.9 Å². The Morgan fingerprint density at radius 2 is 2.27 bits per heavy atom. The summed E-state index contributed by atoms with van der Waals surface area (Å²) in [7, 11) is 0. The molecule has 0 bridgehead atoms. The summed E-state index contributed by atoms with van der Waals surface area (Å²) in [5, 5.41) is 0. The lowest BCUT2D eigenvalue weighted by atomic mass is 10.3. The highest BCUT2D eigenvalue weighted by molar-refractivity contribution is 7.99. The molecule has 1 unspecified atom stereocenters. The second-order valence-corrected chi connectivity index (χ2v) is 3.61. The summed E-state index contributed by atoms with van der Waals surface area (Å²) in [6.45, 7) is 2.05. The number of hydrogen-bond acceptors (Lipinski definition) is 3. The lowest BCUT2D eigenvalue weighted by molar-refractivity contribution is -0.117. The standard InChI is InChI=1S/C7H16N2OS/c1-2-6(8)5-11-4-3-7(9)10/h6H,2-5,8H2,1H3,(H2,9,10). The van der Waals surface area contributed by atoms with Crippen molar-refractivity contribution in [1.29, 1.82) is 0 Å². The Bertz CT molecular complexity index is 119. The molecule has 1 atom stereocenters. The van der Waals surface area contributed by atoms with Crippen LogP contribution in [0, 0.1) is 0 Å². The van der Waals surface area contributed by atoms with Crippen LogP contribution in [0.4, 0.5) is 0 Å². The molecule has 3 nitrogen and oxygen atoms in total. The van der Waals surface area contributed by atoms with E-state index in [1.54, 1.807) is 11.8 Å². The Kier molecular flexibility index (Phi) is 6.36. The van der Waals surface area contributed by atoms with Crippen molar-refractivity contribution < 1.29 is 4.79 Å². The maximum Gasteiger partial charge on any atom is 0.218 e. The van der Waals surface area contributed by atoms with E-state index in [0.717, 1.165) is 17.9 Å². The van der Waals surface area contributed by atoms with Gasteiger partial charge in [-0.05, 0) is 6.42 Å². The average molecular weight is 176 g/mol. The highest BCUT2D eigenvalue weighted by Gasteiger charge is 1.99. The highest BCUT2D eigenvalue weighted by Crippen LogP contribution is 2.04. The van der Waals surface area contributed by atoms with Crippen LogP contribution in [0.1, 0.15) is 19.8 Å². The minimum Gasteiger partial charge on any atom is -0.370 e. The summed E-state index contributed by atoms with van der Waals surface area (Å²) < 4.78 is 0. The molecule has 0 aliphatic carbocycles. The van der Waals surface area contributed by atoms with Gasteiger partial charge in [0, 0.05) is 24.0 Å². The molecule has 0 fully saturated rings. The second kappa shape index (κ2) is 6.49. The molecule has 0 radical (unpaired) electrons. The maximum absolute atomic E-state index is 10.3. The van der Waals surface area contributed by atoms with Gasteiger partial charge >= 0.3 is 0 Å². The second-order valence-electron chi connectivity index (χ2n) is 2.46. The predicted molar refractivity (Wildman–Crippen MR) is 49.4 cm³/mol. The van der Waals surface area contributed by atoms with E-state index in [1.807, 2.05) is 0 Å². The number of carbonyl (C=O) groups is 1. The van der Waals surface area contributed by atoms with E-state index in [1.165, 1.54) is 0 Å². The van der Waals surface area contributed by atoms with Gasteiger partial charge in [0.15, 0.2) is 0 Å². The van der Waals surface area contributed by atoms with E-state index in [0.29, 0.717) is 6.42 Å². The Hall–Kier alpha value is -0.220. The summed E-state index contributed by atoms with van der Waals surface area (Å²) in [5.41, 5.74) is 10.6. The molecule has 11 heavy (non-hydrogen) atoms. The van der Waals surface area contributed by atoms with Crippen molar-refractivity contribution in [1.82, 2.24) is 0 Å². The van der Waals surface area contributed by atoms with Crippen LogP contribution >= 0.6 is 11.8 Å². The number of nitrogens with two attached hydrogens (primary N) is 2. The van der Waals surface area contributed by atoms with Gasteiger partial charge in [0.05, 0.1) is 0 Å². The normalized spacial score (nSPS) is 12.9. The van der Waals surface area contributed by atoms with Gasteiger partial charge in [-0.25, -0.2) is 0 Å². The van der Waals surface area contributed by atoms with Gasteiger partial charge in [0.2, 0.25) is 5.91 Å². The third kappa shape index (κ3) is 7.68. The van der Waals surface area contributed by atoms with Crippen molar-refractivity contribution in [3.8, 4) is 0 Å². The third-order valence-electron chi connectivity index (χ3n) is 1.35. The van der Waals surface area contributed by atoms with Crippen LogP contribution in [0.15, 0.2) is 0 Å². The van der Waals surface area contributed by atoms with E-state index in [2.05, 4.69) is 6.92 Å². The van der Waals surface area contributed by atoms with Gasteiger partial charge in [-0.2, -0.15) is 11.8 Å². The molecule has 0 saturated carbocycles. The first-order valence-corrected chi connectivity index (χ1v) is 4.94. The summed E-state index contributed by atoms with van der Waals surface area (Å²) in [6.07, 6.45) is 1.45. The first-order valence-electron chi connectivity index (χ1n) is 3.78. The van der Waals surface area contributed by atoms with E-state index in [4.69, 9.17) is 11.5 Å². The topological polar surface area (TPSA) is 69.1 Å². The van der Waals surface area contributed by atoms with Crippen molar-refractivity contribution in [2.24, 2.45) is 11.5 Å². The van der Waals surface area contributed by atoms with Crippen LogP contribution in [-0.2, 0) is 4.79 Å². The molecule has 0 spiro atoms. The lowest BCUT2D eigenvalue weighted by Crippen LogP contribution is -2.22. The molecule has 0 aromatic carbocycles. The van der Waals surface area contributed by atoms with E-state index >= 15 is 0 Å². The first kappa shape index (κ1) is 10.8. The number of hydrogen-bond donors (Lipinski definition) is 2. The quantitative estimate of drug-likeness (QED) is 0.573. The zero-order valence-electron chi connectivity index (χ0n) is 6.88. The molecular formula is C7H16N2OS. The van der Waals surface area contributed by atoms with Crippen molar-refractivity contribution in [2.75, 3.05) is 11.5 Å². The van der Waals surface area contributed by atoms with E-state index < -0.39 is 0 Å². The number of primary amides is 1. The SMILES string of the molecule is CCC(N)CSCCC(N)=O. The molecule has 0 rings (SSSR count). The van der Waals surface area contributed by atoms with E-state index in [9.17, 15) is 4.79 Å². The van der Waals surface area contributed by atoms with Crippen LogP contribution in [0.2, 0.25) is 0 Å². The molecule has 0 aromatic heterocycles. The van der Waals surface area contributed by atoms with Gasteiger partial charge in [0.1, 0.15) is 0 Å². The zero-order chi connectivity index (χ0) is 8.69. The molecule has 0 saturated heterocycles. The summed E-state index contributed by atoms with van der Waals surface area (Å²) in [5.74, 6) is 1.48. The number of rotatable bonds is 6. The van der Waals surface area contributed by atoms with Crippen LogP contribution in [0.25, 0.3) is 0 Å². The highest BCUT2D eigenvalue weighted by atomic mass is 32.2.